The summed E-state index contributed by atoms with van der Waals surface area (Å²) < 4.78 is 4.85. The summed E-state index contributed by atoms with van der Waals surface area (Å²) in [5.41, 5.74) is 1.65. The molecule has 2 nitrogen and oxygen atoms in total. The Kier molecular flexibility index (Phi) is 1.34. The molecular weight excluding hydrogens is 156 g/mol. The molecule has 0 N–H and O–H groups in total. The highest BCUT2D eigenvalue weighted by atomic mass is 32.1. The van der Waals surface area contributed by atoms with Crippen LogP contribution in [0, 0.1) is 12.3 Å². The van der Waals surface area contributed by atoms with Gasteiger partial charge in [0.2, 0.25) is 0 Å². The predicted molar refractivity (Wildman–Crippen MR) is 45.4 cm³/mol. The highest BCUT2D eigenvalue weighted by molar-refractivity contribution is 7.12. The number of fused-ring (bicyclic) bond motifs is 1. The van der Waals surface area contributed by atoms with E-state index in [2.05, 4.69) is 15.5 Å². The van der Waals surface area contributed by atoms with E-state index in [0.29, 0.717) is 0 Å². The van der Waals surface area contributed by atoms with Gasteiger partial charge in [-0.1, -0.05) is 16.5 Å². The summed E-state index contributed by atoms with van der Waals surface area (Å²) in [6.45, 7) is 0. The van der Waals surface area contributed by atoms with Gasteiger partial charge in [0.15, 0.2) is 0 Å². The van der Waals surface area contributed by atoms with Crippen LogP contribution in [0.5, 0.6) is 0 Å². The second-order valence-electron chi connectivity index (χ2n) is 2.07. The molecule has 1 heterocycles. The minimum absolute atomic E-state index is 0.816. The summed E-state index contributed by atoms with van der Waals surface area (Å²) in [5.74, 6) is 2.56. The lowest BCUT2D eigenvalue weighted by molar-refractivity contribution is 1.20. The molecule has 0 amide bonds. The van der Waals surface area contributed by atoms with Gasteiger partial charge in [-0.2, -0.15) is 0 Å². The van der Waals surface area contributed by atoms with Gasteiger partial charge in [-0.25, -0.2) is 0 Å². The molecular formula is C8H4N2S. The van der Waals surface area contributed by atoms with E-state index < -0.39 is 0 Å². The van der Waals surface area contributed by atoms with Crippen molar-refractivity contribution in [3.8, 4) is 12.3 Å². The standard InChI is InChI=1S/C8H4N2S/c1-2-6-4-3-5-7-8(6)9-10-11-7/h1,3-5H. The van der Waals surface area contributed by atoms with Crippen LogP contribution in [0.15, 0.2) is 18.2 Å². The van der Waals surface area contributed by atoms with Gasteiger partial charge in [0.1, 0.15) is 5.52 Å². The summed E-state index contributed by atoms with van der Waals surface area (Å²) >= 11 is 1.36. The van der Waals surface area contributed by atoms with Gasteiger partial charge in [0, 0.05) is 0 Å². The smallest absolute Gasteiger partial charge is 0.121 e. The number of benzene rings is 1. The molecule has 0 saturated carbocycles. The highest BCUT2D eigenvalue weighted by Gasteiger charge is 2.00. The van der Waals surface area contributed by atoms with Gasteiger partial charge < -0.3 is 0 Å². The second kappa shape index (κ2) is 2.33. The van der Waals surface area contributed by atoms with E-state index in [1.54, 1.807) is 0 Å². The minimum atomic E-state index is 0.816. The summed E-state index contributed by atoms with van der Waals surface area (Å²) in [6, 6.07) is 5.74. The lowest BCUT2D eigenvalue weighted by atomic mass is 10.2. The first kappa shape index (κ1) is 6.32. The molecule has 0 bridgehead atoms. The van der Waals surface area contributed by atoms with E-state index in [0.717, 1.165) is 15.8 Å². The van der Waals surface area contributed by atoms with E-state index >= 15 is 0 Å². The summed E-state index contributed by atoms with van der Waals surface area (Å²) in [6.07, 6.45) is 5.26. The summed E-state index contributed by atoms with van der Waals surface area (Å²) in [7, 11) is 0. The van der Waals surface area contributed by atoms with E-state index in [-0.39, 0.29) is 0 Å². The van der Waals surface area contributed by atoms with Crippen LogP contribution in [0.3, 0.4) is 0 Å². The molecule has 0 aliphatic rings. The van der Waals surface area contributed by atoms with Crippen LogP contribution in [0.2, 0.25) is 0 Å². The quantitative estimate of drug-likeness (QED) is 0.548. The van der Waals surface area contributed by atoms with Crippen molar-refractivity contribution in [2.45, 2.75) is 0 Å². The van der Waals surface area contributed by atoms with Crippen LogP contribution < -0.4 is 0 Å². The normalized spacial score (nSPS) is 9.73. The van der Waals surface area contributed by atoms with Crippen LogP contribution in [0.25, 0.3) is 10.2 Å². The SMILES string of the molecule is C#Cc1cccc2snnc12. The first-order valence-corrected chi connectivity index (χ1v) is 3.87. The maximum Gasteiger partial charge on any atom is 0.121 e. The van der Waals surface area contributed by atoms with Gasteiger partial charge in [0.25, 0.3) is 0 Å². The largest absolute Gasteiger partial charge is 0.137 e. The average molecular weight is 160 g/mol. The number of aromatic nitrogens is 2. The van der Waals surface area contributed by atoms with Gasteiger partial charge in [-0.05, 0) is 23.7 Å². The highest BCUT2D eigenvalue weighted by Crippen LogP contribution is 2.17. The first-order valence-electron chi connectivity index (χ1n) is 3.09. The molecule has 0 aliphatic heterocycles. The van der Waals surface area contributed by atoms with E-state index in [9.17, 15) is 0 Å². The number of hydrogen-bond donors (Lipinski definition) is 0. The lowest BCUT2D eigenvalue weighted by Gasteiger charge is -1.88. The number of rotatable bonds is 0. The maximum absolute atomic E-state index is 5.26. The molecule has 0 radical (unpaired) electrons. The lowest BCUT2D eigenvalue weighted by Crippen LogP contribution is -1.75. The zero-order chi connectivity index (χ0) is 7.68. The molecule has 0 spiro atoms. The van der Waals surface area contributed by atoms with Crippen molar-refractivity contribution in [3.63, 3.8) is 0 Å². The molecule has 0 saturated heterocycles. The monoisotopic (exact) mass is 160 g/mol. The summed E-state index contributed by atoms with van der Waals surface area (Å²) in [4.78, 5) is 0. The molecule has 2 rings (SSSR count). The number of nitrogens with zero attached hydrogens (tertiary/aromatic N) is 2. The van der Waals surface area contributed by atoms with Gasteiger partial charge in [-0.15, -0.1) is 11.5 Å². The maximum atomic E-state index is 5.26. The fourth-order valence-electron chi connectivity index (χ4n) is 0.921. The number of hydrogen-bond acceptors (Lipinski definition) is 3. The average Bonchev–Trinajstić information content (AvgIpc) is 2.50. The first-order chi connectivity index (χ1) is 5.42. The Hall–Kier alpha value is -1.40. The zero-order valence-electron chi connectivity index (χ0n) is 5.61. The van der Waals surface area contributed by atoms with Crippen LogP contribution in [-0.2, 0) is 0 Å². The van der Waals surface area contributed by atoms with Crippen molar-refractivity contribution in [1.82, 2.24) is 9.59 Å². The van der Waals surface area contributed by atoms with E-state index in [4.69, 9.17) is 6.42 Å². The Bertz CT molecular complexity index is 425. The molecule has 0 aliphatic carbocycles. The zero-order valence-corrected chi connectivity index (χ0v) is 6.43. The second-order valence-corrected chi connectivity index (χ2v) is 2.86. The van der Waals surface area contributed by atoms with Crippen molar-refractivity contribution in [3.05, 3.63) is 23.8 Å². The molecule has 1 aromatic carbocycles. The number of terminal acetylenes is 1. The Morgan fingerprint density at radius 1 is 1.45 bits per heavy atom. The Balaban J connectivity index is 2.92. The van der Waals surface area contributed by atoms with Crippen molar-refractivity contribution in [2.75, 3.05) is 0 Å². The van der Waals surface area contributed by atoms with Gasteiger partial charge in [0.05, 0.1) is 10.3 Å². The molecule has 3 heteroatoms. The molecule has 0 unspecified atom stereocenters. The van der Waals surface area contributed by atoms with Gasteiger partial charge >= 0.3 is 0 Å². The molecule has 0 fully saturated rings. The van der Waals surface area contributed by atoms with Crippen LogP contribution in [-0.4, -0.2) is 9.59 Å². The third-order valence-electron chi connectivity index (χ3n) is 1.43. The molecule has 52 valence electrons. The predicted octanol–water partition coefficient (Wildman–Crippen LogP) is 1.67. The third-order valence-corrected chi connectivity index (χ3v) is 2.12. The van der Waals surface area contributed by atoms with Gasteiger partial charge in [-0.3, -0.25) is 0 Å². The molecule has 11 heavy (non-hydrogen) atoms. The Morgan fingerprint density at radius 3 is 3.18 bits per heavy atom. The molecule has 0 atom stereocenters. The van der Waals surface area contributed by atoms with Crippen LogP contribution in [0.4, 0.5) is 0 Å². The fourth-order valence-corrected chi connectivity index (χ4v) is 1.51. The van der Waals surface area contributed by atoms with E-state index in [1.165, 1.54) is 11.5 Å². The van der Waals surface area contributed by atoms with Crippen molar-refractivity contribution in [2.24, 2.45) is 0 Å². The third kappa shape index (κ3) is 0.883. The molecule has 2 aromatic rings. The summed E-state index contributed by atoms with van der Waals surface area (Å²) in [5, 5.41) is 3.92. The van der Waals surface area contributed by atoms with Crippen molar-refractivity contribution < 1.29 is 0 Å². The Labute approximate surface area is 68.0 Å². The minimum Gasteiger partial charge on any atom is -0.137 e. The van der Waals surface area contributed by atoms with E-state index in [1.807, 2.05) is 18.2 Å². The van der Waals surface area contributed by atoms with Crippen molar-refractivity contribution >= 4 is 21.7 Å². The topological polar surface area (TPSA) is 25.8 Å². The van der Waals surface area contributed by atoms with Crippen LogP contribution in [0.1, 0.15) is 5.56 Å². The fraction of sp³-hybridized carbons (Fsp3) is 0. The van der Waals surface area contributed by atoms with Crippen LogP contribution >= 0.6 is 11.5 Å². The van der Waals surface area contributed by atoms with Crippen molar-refractivity contribution in [1.29, 1.82) is 0 Å². The Morgan fingerprint density at radius 2 is 2.36 bits per heavy atom. The molecule has 1 aromatic heterocycles.